The van der Waals surface area contributed by atoms with E-state index in [4.69, 9.17) is 11.6 Å². The Balaban J connectivity index is 2.04. The number of hydrogen-bond acceptors (Lipinski definition) is 4. The Morgan fingerprint density at radius 1 is 1.03 bits per heavy atom. The molecule has 0 aliphatic rings. The molecule has 39 heavy (non-hydrogen) atoms. The molecule has 7 nitrogen and oxygen atoms in total. The normalized spacial score (nSPS) is 12.9. The van der Waals surface area contributed by atoms with E-state index in [9.17, 15) is 22.4 Å². The molecule has 0 spiro atoms. The van der Waals surface area contributed by atoms with Crippen LogP contribution in [0.1, 0.15) is 32.8 Å². The summed E-state index contributed by atoms with van der Waals surface area (Å²) in [6, 6.07) is 17.3. The predicted molar refractivity (Wildman–Crippen MR) is 154 cm³/mol. The first-order chi connectivity index (χ1) is 18.4. The lowest BCUT2D eigenvalue weighted by molar-refractivity contribution is -0.139. The lowest BCUT2D eigenvalue weighted by Gasteiger charge is -2.32. The van der Waals surface area contributed by atoms with Crippen molar-refractivity contribution in [1.29, 1.82) is 0 Å². The molecule has 3 rings (SSSR count). The van der Waals surface area contributed by atoms with Crippen molar-refractivity contribution in [2.45, 2.75) is 50.7 Å². The molecule has 11 heteroatoms. The van der Waals surface area contributed by atoms with Gasteiger partial charge in [0.15, 0.2) is 0 Å². The maximum atomic E-state index is 14.0. The van der Waals surface area contributed by atoms with Crippen molar-refractivity contribution in [2.24, 2.45) is 0 Å². The number of anilines is 1. The van der Waals surface area contributed by atoms with E-state index in [2.05, 4.69) is 21.2 Å². The van der Waals surface area contributed by atoms with E-state index < -0.39 is 34.3 Å². The van der Waals surface area contributed by atoms with Gasteiger partial charge in [0.05, 0.1) is 15.6 Å². The van der Waals surface area contributed by atoms with Gasteiger partial charge < -0.3 is 10.2 Å². The van der Waals surface area contributed by atoms with Crippen molar-refractivity contribution < 1.29 is 22.4 Å². The van der Waals surface area contributed by atoms with E-state index in [1.807, 2.05) is 32.0 Å². The van der Waals surface area contributed by atoms with Gasteiger partial charge in [-0.25, -0.2) is 12.8 Å². The van der Waals surface area contributed by atoms with Crippen LogP contribution >= 0.6 is 27.5 Å². The first-order valence-electron chi connectivity index (χ1n) is 12.3. The minimum atomic E-state index is -4.26. The van der Waals surface area contributed by atoms with Crippen LogP contribution in [0, 0.1) is 5.82 Å². The van der Waals surface area contributed by atoms with Crippen molar-refractivity contribution in [3.8, 4) is 0 Å². The summed E-state index contributed by atoms with van der Waals surface area (Å²) in [4.78, 5) is 28.2. The number of benzene rings is 3. The van der Waals surface area contributed by atoms with Gasteiger partial charge in [-0.2, -0.15) is 0 Å². The molecular formula is C28H30BrClFN3O4S. The number of amides is 2. The first-order valence-corrected chi connectivity index (χ1v) is 14.9. The van der Waals surface area contributed by atoms with Gasteiger partial charge in [-0.3, -0.25) is 13.9 Å². The molecule has 0 aliphatic heterocycles. The molecule has 2 amide bonds. The van der Waals surface area contributed by atoms with Crippen LogP contribution in [0.15, 0.2) is 82.2 Å². The number of carbonyl (C=O) groups excluding carboxylic acids is 2. The molecule has 1 N–H and O–H groups in total. The largest absolute Gasteiger partial charge is 0.352 e. The number of halogens is 3. The third-order valence-corrected chi connectivity index (χ3v) is 8.78. The summed E-state index contributed by atoms with van der Waals surface area (Å²) in [6.07, 6.45) is 0.701. The zero-order valence-corrected chi connectivity index (χ0v) is 24.9. The van der Waals surface area contributed by atoms with Crippen LogP contribution < -0.4 is 9.62 Å². The number of nitrogens with one attached hydrogen (secondary N) is 1. The summed E-state index contributed by atoms with van der Waals surface area (Å²) in [7, 11) is -4.26. The van der Waals surface area contributed by atoms with Crippen LogP contribution in [0.4, 0.5) is 10.1 Å². The van der Waals surface area contributed by atoms with Crippen LogP contribution in [-0.2, 0) is 26.2 Å². The second-order valence-corrected chi connectivity index (χ2v) is 12.3. The van der Waals surface area contributed by atoms with E-state index in [0.29, 0.717) is 6.42 Å². The SMILES string of the molecule is CC[C@H](C)NC(=O)[C@H](C)N(Cc1cccc(Br)c1)C(=O)CN(c1ccc(F)c(Cl)c1)S(=O)(=O)c1ccccc1. The van der Waals surface area contributed by atoms with Crippen molar-refractivity contribution in [3.63, 3.8) is 0 Å². The lowest BCUT2D eigenvalue weighted by Crippen LogP contribution is -2.52. The van der Waals surface area contributed by atoms with Crippen LogP contribution in [0.5, 0.6) is 0 Å². The first kappa shape index (κ1) is 30.6. The minimum Gasteiger partial charge on any atom is -0.352 e. The molecule has 0 aromatic heterocycles. The fraction of sp³-hybridized carbons (Fsp3) is 0.286. The monoisotopic (exact) mass is 637 g/mol. The fourth-order valence-corrected chi connectivity index (χ4v) is 5.82. The third kappa shape index (κ3) is 7.80. The molecular weight excluding hydrogens is 609 g/mol. The summed E-state index contributed by atoms with van der Waals surface area (Å²) < 4.78 is 43.0. The number of nitrogens with zero attached hydrogens (tertiary/aromatic N) is 2. The highest BCUT2D eigenvalue weighted by atomic mass is 79.9. The molecule has 0 radical (unpaired) electrons. The summed E-state index contributed by atoms with van der Waals surface area (Å²) in [6.45, 7) is 4.79. The van der Waals surface area contributed by atoms with Crippen molar-refractivity contribution >= 4 is 55.1 Å². The lowest BCUT2D eigenvalue weighted by atomic mass is 10.1. The zero-order chi connectivity index (χ0) is 28.7. The summed E-state index contributed by atoms with van der Waals surface area (Å²) in [5, 5.41) is 2.59. The Labute approximate surface area is 242 Å². The summed E-state index contributed by atoms with van der Waals surface area (Å²) in [5.41, 5.74) is 0.751. The van der Waals surface area contributed by atoms with E-state index >= 15 is 0 Å². The molecule has 0 unspecified atom stereocenters. The zero-order valence-electron chi connectivity index (χ0n) is 21.8. The highest BCUT2D eigenvalue weighted by Crippen LogP contribution is 2.28. The molecule has 0 fully saturated rings. The number of hydrogen-bond donors (Lipinski definition) is 1. The Hall–Kier alpha value is -2.95. The molecule has 0 saturated carbocycles. The van der Waals surface area contributed by atoms with Gasteiger partial charge in [-0.05, 0) is 68.3 Å². The number of sulfonamides is 1. The van der Waals surface area contributed by atoms with E-state index in [1.54, 1.807) is 31.2 Å². The van der Waals surface area contributed by atoms with Gasteiger partial charge >= 0.3 is 0 Å². The van der Waals surface area contributed by atoms with Crippen LogP contribution in [0.2, 0.25) is 5.02 Å². The van der Waals surface area contributed by atoms with Crippen LogP contribution in [-0.4, -0.2) is 43.8 Å². The highest BCUT2D eigenvalue weighted by Gasteiger charge is 2.33. The number of carbonyl (C=O) groups is 2. The average molecular weight is 639 g/mol. The number of rotatable bonds is 11. The molecule has 0 heterocycles. The van der Waals surface area contributed by atoms with E-state index in [0.717, 1.165) is 26.5 Å². The van der Waals surface area contributed by atoms with Gasteiger partial charge in [0, 0.05) is 17.1 Å². The fourth-order valence-electron chi connectivity index (χ4n) is 3.77. The standard InChI is InChI=1S/C28H30BrClFN3O4S/c1-4-19(2)32-28(36)20(3)33(17-21-9-8-10-22(29)15-21)27(35)18-34(23-13-14-26(31)25(30)16-23)39(37,38)24-11-6-5-7-12-24/h5-16,19-20H,4,17-18H2,1-3H3,(H,32,36)/t19-,20-/m0/s1. The van der Waals surface area contributed by atoms with Gasteiger partial charge in [0.1, 0.15) is 18.4 Å². The van der Waals surface area contributed by atoms with Crippen LogP contribution in [0.25, 0.3) is 0 Å². The molecule has 0 bridgehead atoms. The highest BCUT2D eigenvalue weighted by molar-refractivity contribution is 9.10. The van der Waals surface area contributed by atoms with Crippen LogP contribution in [0.3, 0.4) is 0 Å². The van der Waals surface area contributed by atoms with Gasteiger partial charge in [-0.15, -0.1) is 0 Å². The van der Waals surface area contributed by atoms with Gasteiger partial charge in [-0.1, -0.05) is 64.8 Å². The Morgan fingerprint density at radius 3 is 2.33 bits per heavy atom. The molecule has 3 aromatic rings. The average Bonchev–Trinajstić information content (AvgIpc) is 2.91. The van der Waals surface area contributed by atoms with E-state index in [1.165, 1.54) is 23.1 Å². The third-order valence-electron chi connectivity index (χ3n) is 6.21. The molecule has 2 atom stereocenters. The Kier molecular flexibility index (Phi) is 10.5. The molecule has 3 aromatic carbocycles. The summed E-state index contributed by atoms with van der Waals surface area (Å²) >= 11 is 9.40. The molecule has 0 saturated heterocycles. The molecule has 208 valence electrons. The second kappa shape index (κ2) is 13.4. The van der Waals surface area contributed by atoms with Gasteiger partial charge in [0.2, 0.25) is 11.8 Å². The minimum absolute atomic E-state index is 0.0118. The summed E-state index contributed by atoms with van der Waals surface area (Å²) in [5.74, 6) is -1.72. The van der Waals surface area contributed by atoms with Crippen molar-refractivity contribution in [1.82, 2.24) is 10.2 Å². The van der Waals surface area contributed by atoms with Crippen molar-refractivity contribution in [3.05, 3.63) is 93.7 Å². The second-order valence-electron chi connectivity index (χ2n) is 9.07. The Bertz CT molecular complexity index is 1430. The van der Waals surface area contributed by atoms with Crippen molar-refractivity contribution in [2.75, 3.05) is 10.8 Å². The topological polar surface area (TPSA) is 86.8 Å². The smallest absolute Gasteiger partial charge is 0.264 e. The molecule has 0 aliphatic carbocycles. The maximum absolute atomic E-state index is 14.0. The van der Waals surface area contributed by atoms with Gasteiger partial charge in [0.25, 0.3) is 10.0 Å². The quantitative estimate of drug-likeness (QED) is 0.289. The predicted octanol–water partition coefficient (Wildman–Crippen LogP) is 5.77. The van der Waals surface area contributed by atoms with E-state index in [-0.39, 0.29) is 34.1 Å². The maximum Gasteiger partial charge on any atom is 0.264 e. The Morgan fingerprint density at radius 2 is 1.72 bits per heavy atom.